The Bertz CT molecular complexity index is 650. The van der Waals surface area contributed by atoms with Crippen LogP contribution in [0, 0.1) is 0 Å². The lowest BCUT2D eigenvalue weighted by Gasteiger charge is -2.11. The fraction of sp³-hybridized carbons (Fsp3) is 0.364. The maximum Gasteiger partial charge on any atom is 0.223 e. The maximum atomic E-state index is 9.76. The molecule has 3 N–H and O–H groups in total. The van der Waals surface area contributed by atoms with E-state index in [2.05, 4.69) is 15.0 Å². The molecule has 0 aliphatic heterocycles. The molecule has 0 fully saturated rings. The van der Waals surface area contributed by atoms with Gasteiger partial charge in [0, 0.05) is 6.42 Å². The lowest BCUT2D eigenvalue weighted by atomic mass is 10.2. The van der Waals surface area contributed by atoms with Crippen molar-refractivity contribution in [3.8, 4) is 0 Å². The Balaban J connectivity index is 2.14. The molecule has 7 heteroatoms. The Kier molecular flexibility index (Phi) is 2.49. The van der Waals surface area contributed by atoms with Crippen LogP contribution in [0.3, 0.4) is 0 Å². The molecule has 0 saturated heterocycles. The van der Waals surface area contributed by atoms with Crippen molar-refractivity contribution in [2.24, 2.45) is 0 Å². The number of hydrogen-bond acceptors (Lipinski definition) is 5. The molecule has 1 aliphatic carbocycles. The molecule has 2 aromatic rings. The molecule has 0 aromatic carbocycles. The van der Waals surface area contributed by atoms with Gasteiger partial charge in [0.05, 0.1) is 18.5 Å². The van der Waals surface area contributed by atoms with Gasteiger partial charge in [-0.2, -0.15) is 9.97 Å². The molecule has 0 amide bonds. The van der Waals surface area contributed by atoms with Gasteiger partial charge in [-0.3, -0.25) is 0 Å². The van der Waals surface area contributed by atoms with Gasteiger partial charge in [0.25, 0.3) is 0 Å². The molecule has 3 rings (SSSR count). The minimum atomic E-state index is -0.415. The first-order valence-electron chi connectivity index (χ1n) is 5.58. The van der Waals surface area contributed by atoms with E-state index in [0.717, 1.165) is 5.57 Å². The zero-order chi connectivity index (χ0) is 12.9. The SMILES string of the molecule is CC1=C[C@@H](n2cnc3c(Cl)nc(N)nc32)C[C@H]1O. The normalized spacial score (nSPS) is 23.6. The number of fused-ring (bicyclic) bond motifs is 1. The highest BCUT2D eigenvalue weighted by Crippen LogP contribution is 2.31. The number of aliphatic hydroxyl groups is 1. The molecule has 0 bridgehead atoms. The van der Waals surface area contributed by atoms with E-state index in [9.17, 15) is 5.11 Å². The predicted octanol–water partition coefficient (Wildman–Crippen LogP) is 1.31. The first kappa shape index (κ1) is 11.4. The van der Waals surface area contributed by atoms with Crippen LogP contribution >= 0.6 is 11.6 Å². The summed E-state index contributed by atoms with van der Waals surface area (Å²) < 4.78 is 1.86. The fourth-order valence-electron chi connectivity index (χ4n) is 2.23. The number of aliphatic hydroxyl groups excluding tert-OH is 1. The third-order valence-corrected chi connectivity index (χ3v) is 3.46. The van der Waals surface area contributed by atoms with E-state index in [-0.39, 0.29) is 17.1 Å². The number of allylic oxidation sites excluding steroid dienone is 1. The lowest BCUT2D eigenvalue weighted by molar-refractivity contribution is 0.201. The minimum Gasteiger partial charge on any atom is -0.389 e. The highest BCUT2D eigenvalue weighted by atomic mass is 35.5. The predicted molar refractivity (Wildman–Crippen MR) is 68.2 cm³/mol. The summed E-state index contributed by atoms with van der Waals surface area (Å²) >= 11 is 5.97. The largest absolute Gasteiger partial charge is 0.389 e. The summed E-state index contributed by atoms with van der Waals surface area (Å²) in [5, 5.41) is 10.0. The van der Waals surface area contributed by atoms with E-state index in [0.29, 0.717) is 17.6 Å². The van der Waals surface area contributed by atoms with Crippen molar-refractivity contribution in [2.75, 3.05) is 5.73 Å². The molecule has 94 valence electrons. The maximum absolute atomic E-state index is 9.76. The molecule has 2 aromatic heterocycles. The first-order valence-corrected chi connectivity index (χ1v) is 5.96. The molecule has 0 radical (unpaired) electrons. The summed E-state index contributed by atoms with van der Waals surface area (Å²) in [5.41, 5.74) is 7.67. The molecule has 1 aliphatic rings. The molecule has 0 spiro atoms. The van der Waals surface area contributed by atoms with Crippen LogP contribution in [0.2, 0.25) is 5.15 Å². The number of rotatable bonds is 1. The van der Waals surface area contributed by atoms with E-state index in [1.54, 1.807) is 6.33 Å². The number of imidazole rings is 1. The highest BCUT2D eigenvalue weighted by molar-refractivity contribution is 6.33. The van der Waals surface area contributed by atoms with Gasteiger partial charge >= 0.3 is 0 Å². The molecule has 2 heterocycles. The van der Waals surface area contributed by atoms with Crippen LogP contribution in [0.25, 0.3) is 11.2 Å². The van der Waals surface area contributed by atoms with Gasteiger partial charge in [-0.25, -0.2) is 4.98 Å². The van der Waals surface area contributed by atoms with Crippen molar-refractivity contribution in [3.63, 3.8) is 0 Å². The van der Waals surface area contributed by atoms with Crippen molar-refractivity contribution in [1.29, 1.82) is 0 Å². The Labute approximate surface area is 108 Å². The van der Waals surface area contributed by atoms with Crippen LogP contribution in [0.5, 0.6) is 0 Å². The number of nitrogens with zero attached hydrogens (tertiary/aromatic N) is 4. The van der Waals surface area contributed by atoms with Crippen LogP contribution in [-0.2, 0) is 0 Å². The molecule has 18 heavy (non-hydrogen) atoms. The van der Waals surface area contributed by atoms with Gasteiger partial charge in [-0.15, -0.1) is 0 Å². The van der Waals surface area contributed by atoms with Crippen LogP contribution in [0.4, 0.5) is 5.95 Å². The third kappa shape index (κ3) is 1.65. The van der Waals surface area contributed by atoms with Crippen molar-refractivity contribution in [3.05, 3.63) is 23.1 Å². The molecular weight excluding hydrogens is 254 g/mol. The number of aromatic nitrogens is 4. The summed E-state index contributed by atoms with van der Waals surface area (Å²) in [6.07, 6.45) is 3.84. The zero-order valence-corrected chi connectivity index (χ0v) is 10.5. The Morgan fingerprint density at radius 2 is 2.28 bits per heavy atom. The minimum absolute atomic E-state index is 0.0235. The van der Waals surface area contributed by atoms with Crippen LogP contribution < -0.4 is 5.73 Å². The van der Waals surface area contributed by atoms with Gasteiger partial charge in [0.15, 0.2) is 10.8 Å². The number of nitrogens with two attached hydrogens (primary N) is 1. The number of halogens is 1. The average molecular weight is 266 g/mol. The Hall–Kier alpha value is -1.66. The van der Waals surface area contributed by atoms with Crippen LogP contribution in [-0.4, -0.2) is 30.7 Å². The summed E-state index contributed by atoms with van der Waals surface area (Å²) in [7, 11) is 0. The summed E-state index contributed by atoms with van der Waals surface area (Å²) in [6, 6.07) is 0.0235. The highest BCUT2D eigenvalue weighted by Gasteiger charge is 2.25. The molecule has 6 nitrogen and oxygen atoms in total. The van der Waals surface area contributed by atoms with E-state index >= 15 is 0 Å². The van der Waals surface area contributed by atoms with Crippen molar-refractivity contribution < 1.29 is 5.11 Å². The van der Waals surface area contributed by atoms with Crippen LogP contribution in [0.15, 0.2) is 18.0 Å². The van der Waals surface area contributed by atoms with Gasteiger partial charge in [0.1, 0.15) is 5.52 Å². The first-order chi connectivity index (χ1) is 8.56. The van der Waals surface area contributed by atoms with E-state index in [1.165, 1.54) is 0 Å². The summed E-state index contributed by atoms with van der Waals surface area (Å²) in [5.74, 6) is 0.119. The topological polar surface area (TPSA) is 89.9 Å². The molecule has 2 atom stereocenters. The fourth-order valence-corrected chi connectivity index (χ4v) is 2.45. The third-order valence-electron chi connectivity index (χ3n) is 3.20. The van der Waals surface area contributed by atoms with Crippen molar-refractivity contribution >= 4 is 28.7 Å². The number of nitrogen functional groups attached to an aromatic ring is 1. The van der Waals surface area contributed by atoms with Gasteiger partial charge in [-0.05, 0) is 12.5 Å². The van der Waals surface area contributed by atoms with Crippen molar-refractivity contribution in [2.45, 2.75) is 25.5 Å². The summed E-state index contributed by atoms with van der Waals surface area (Å²) in [4.78, 5) is 12.2. The Morgan fingerprint density at radius 1 is 1.50 bits per heavy atom. The lowest BCUT2D eigenvalue weighted by Crippen LogP contribution is -2.09. The number of anilines is 1. The van der Waals surface area contributed by atoms with E-state index in [4.69, 9.17) is 17.3 Å². The van der Waals surface area contributed by atoms with Gasteiger partial charge < -0.3 is 15.4 Å². The molecule has 0 unspecified atom stereocenters. The van der Waals surface area contributed by atoms with Crippen LogP contribution in [0.1, 0.15) is 19.4 Å². The smallest absolute Gasteiger partial charge is 0.223 e. The average Bonchev–Trinajstić information content (AvgIpc) is 2.83. The molecule has 0 saturated carbocycles. The quantitative estimate of drug-likeness (QED) is 0.599. The second-order valence-corrected chi connectivity index (χ2v) is 4.78. The van der Waals surface area contributed by atoms with E-state index < -0.39 is 6.10 Å². The standard InChI is InChI=1S/C11H12ClN5O/c1-5-2-6(3-7(5)18)17-4-14-8-9(12)15-11(13)16-10(8)17/h2,4,6-7,18H,3H2,1H3,(H2,13,15,16)/t6-,7-/m1/s1. The van der Waals surface area contributed by atoms with E-state index in [1.807, 2.05) is 17.6 Å². The van der Waals surface area contributed by atoms with Gasteiger partial charge in [-0.1, -0.05) is 17.7 Å². The van der Waals surface area contributed by atoms with Crippen molar-refractivity contribution in [1.82, 2.24) is 19.5 Å². The monoisotopic (exact) mass is 265 g/mol. The Morgan fingerprint density at radius 3 is 2.94 bits per heavy atom. The second kappa shape index (κ2) is 3.93. The zero-order valence-electron chi connectivity index (χ0n) is 9.71. The number of hydrogen-bond donors (Lipinski definition) is 2. The molecular formula is C11H12ClN5O. The summed E-state index contributed by atoms with van der Waals surface area (Å²) in [6.45, 7) is 1.90. The second-order valence-electron chi connectivity index (χ2n) is 4.43. The van der Waals surface area contributed by atoms with Gasteiger partial charge in [0.2, 0.25) is 5.95 Å².